The molecule has 1 aliphatic rings. The zero-order valence-corrected chi connectivity index (χ0v) is 11.1. The Balaban J connectivity index is 1.98. The van der Waals surface area contributed by atoms with E-state index < -0.39 is 5.97 Å². The Morgan fingerprint density at radius 2 is 2.05 bits per heavy atom. The van der Waals surface area contributed by atoms with E-state index in [2.05, 4.69) is 10.1 Å². The van der Waals surface area contributed by atoms with Crippen LogP contribution in [0.5, 0.6) is 5.75 Å². The van der Waals surface area contributed by atoms with E-state index in [-0.39, 0.29) is 18.6 Å². The summed E-state index contributed by atoms with van der Waals surface area (Å²) in [5, 5.41) is 2.91. The predicted octanol–water partition coefficient (Wildman–Crippen LogP) is 0.842. The van der Waals surface area contributed by atoms with Gasteiger partial charge in [0.05, 0.1) is 7.11 Å². The van der Waals surface area contributed by atoms with Gasteiger partial charge in [-0.15, -0.1) is 0 Å². The summed E-state index contributed by atoms with van der Waals surface area (Å²) in [7, 11) is 1.33. The van der Waals surface area contributed by atoms with Gasteiger partial charge in [-0.25, -0.2) is 4.79 Å². The van der Waals surface area contributed by atoms with Gasteiger partial charge in [-0.1, -0.05) is 6.07 Å². The molecular weight excluding hydrogens is 246 g/mol. The molecule has 0 radical (unpaired) electrons. The Kier molecular flexibility index (Phi) is 4.04. The van der Waals surface area contributed by atoms with Crippen LogP contribution in [0.4, 0.5) is 0 Å². The fourth-order valence-electron chi connectivity index (χ4n) is 2.28. The lowest BCUT2D eigenvalue weighted by Gasteiger charge is -2.08. The van der Waals surface area contributed by atoms with Crippen LogP contribution in [0.3, 0.4) is 0 Å². The quantitative estimate of drug-likeness (QED) is 0.818. The summed E-state index contributed by atoms with van der Waals surface area (Å²) >= 11 is 0. The number of nitrogens with one attached hydrogen (secondary N) is 1. The lowest BCUT2D eigenvalue weighted by molar-refractivity contribution is -0.142. The minimum atomic E-state index is -0.406. The lowest BCUT2D eigenvalue weighted by atomic mass is 10.1. The second kappa shape index (κ2) is 5.73. The van der Waals surface area contributed by atoms with Crippen molar-refractivity contribution in [2.75, 3.05) is 13.7 Å². The molecule has 0 aliphatic heterocycles. The number of methoxy groups -OCH3 is 1. The molecule has 0 heterocycles. The number of fused-ring (bicyclic) bond motifs is 1. The molecule has 0 bridgehead atoms. The number of hydrogen-bond acceptors (Lipinski definition) is 4. The summed E-state index contributed by atoms with van der Waals surface area (Å²) < 4.78 is 9.85. The van der Waals surface area contributed by atoms with Crippen LogP contribution in [-0.4, -0.2) is 31.6 Å². The first kappa shape index (κ1) is 13.4. The third-order valence-electron chi connectivity index (χ3n) is 3.10. The summed E-state index contributed by atoms with van der Waals surface area (Å²) in [4.78, 5) is 22.0. The van der Waals surface area contributed by atoms with Gasteiger partial charge >= 0.3 is 5.97 Å². The van der Waals surface area contributed by atoms with Gasteiger partial charge in [0.1, 0.15) is 5.75 Å². The zero-order chi connectivity index (χ0) is 13.8. The molecule has 0 saturated heterocycles. The third kappa shape index (κ3) is 3.47. The predicted molar refractivity (Wildman–Crippen MR) is 69.0 cm³/mol. The summed E-state index contributed by atoms with van der Waals surface area (Å²) in [5.41, 5.74) is 2.37. The standard InChI is InChI=1S/C14H17NO4/c1-9(16)15-12-5-10-3-4-13(7-11(10)6-12)19-8-14(17)18-2/h3-4,7,12H,5-6,8H2,1-2H3,(H,15,16). The Labute approximate surface area is 111 Å². The van der Waals surface area contributed by atoms with Gasteiger partial charge < -0.3 is 14.8 Å². The molecule has 1 N–H and O–H groups in total. The van der Waals surface area contributed by atoms with Crippen LogP contribution >= 0.6 is 0 Å². The Morgan fingerprint density at radius 1 is 1.32 bits per heavy atom. The SMILES string of the molecule is COC(=O)COc1ccc2c(c1)CC(NC(C)=O)C2. The average Bonchev–Trinajstić information content (AvgIpc) is 2.76. The topological polar surface area (TPSA) is 64.6 Å². The van der Waals surface area contributed by atoms with E-state index in [1.807, 2.05) is 18.2 Å². The molecule has 1 aromatic rings. The number of amides is 1. The molecule has 0 saturated carbocycles. The highest BCUT2D eigenvalue weighted by Gasteiger charge is 2.22. The number of carbonyl (C=O) groups excluding carboxylic acids is 2. The fraction of sp³-hybridized carbons (Fsp3) is 0.429. The van der Waals surface area contributed by atoms with E-state index in [0.29, 0.717) is 5.75 Å². The number of rotatable bonds is 4. The van der Waals surface area contributed by atoms with Crippen LogP contribution in [0.25, 0.3) is 0 Å². The second-order valence-electron chi connectivity index (χ2n) is 4.60. The third-order valence-corrected chi connectivity index (χ3v) is 3.10. The van der Waals surface area contributed by atoms with E-state index in [1.165, 1.54) is 19.6 Å². The normalized spacial score (nSPS) is 16.6. The van der Waals surface area contributed by atoms with Gasteiger partial charge in [-0.2, -0.15) is 0 Å². The van der Waals surface area contributed by atoms with Crippen LogP contribution < -0.4 is 10.1 Å². The molecule has 1 aliphatic carbocycles. The molecule has 19 heavy (non-hydrogen) atoms. The van der Waals surface area contributed by atoms with E-state index in [1.54, 1.807) is 0 Å². The van der Waals surface area contributed by atoms with Crippen LogP contribution in [-0.2, 0) is 27.2 Å². The molecule has 1 atom stereocenters. The van der Waals surface area contributed by atoms with Crippen LogP contribution in [0, 0.1) is 0 Å². The van der Waals surface area contributed by atoms with E-state index in [9.17, 15) is 9.59 Å². The van der Waals surface area contributed by atoms with Gasteiger partial charge in [0, 0.05) is 13.0 Å². The van der Waals surface area contributed by atoms with Crippen molar-refractivity contribution in [3.63, 3.8) is 0 Å². The van der Waals surface area contributed by atoms with Crippen molar-refractivity contribution in [3.8, 4) is 5.75 Å². The van der Waals surface area contributed by atoms with Crippen molar-refractivity contribution in [2.24, 2.45) is 0 Å². The molecule has 5 heteroatoms. The number of carbonyl (C=O) groups is 2. The Bertz CT molecular complexity index is 498. The lowest BCUT2D eigenvalue weighted by Crippen LogP contribution is -2.33. The van der Waals surface area contributed by atoms with Crippen molar-refractivity contribution in [2.45, 2.75) is 25.8 Å². The van der Waals surface area contributed by atoms with Crippen LogP contribution in [0.15, 0.2) is 18.2 Å². The molecule has 0 aromatic heterocycles. The maximum absolute atomic E-state index is 11.0. The maximum atomic E-state index is 11.0. The minimum Gasteiger partial charge on any atom is -0.482 e. The highest BCUT2D eigenvalue weighted by Crippen LogP contribution is 2.26. The first-order valence-electron chi connectivity index (χ1n) is 6.17. The van der Waals surface area contributed by atoms with Crippen molar-refractivity contribution in [1.82, 2.24) is 5.32 Å². The molecule has 1 unspecified atom stereocenters. The number of hydrogen-bond donors (Lipinski definition) is 1. The Hall–Kier alpha value is -2.04. The van der Waals surface area contributed by atoms with Crippen molar-refractivity contribution < 1.29 is 19.1 Å². The first-order chi connectivity index (χ1) is 9.08. The molecule has 2 rings (SSSR count). The minimum absolute atomic E-state index is 0.0139. The van der Waals surface area contributed by atoms with E-state index in [0.717, 1.165) is 18.4 Å². The number of benzene rings is 1. The smallest absolute Gasteiger partial charge is 0.343 e. The fourth-order valence-corrected chi connectivity index (χ4v) is 2.28. The molecule has 5 nitrogen and oxygen atoms in total. The largest absolute Gasteiger partial charge is 0.482 e. The monoisotopic (exact) mass is 263 g/mol. The summed E-state index contributed by atoms with van der Waals surface area (Å²) in [6, 6.07) is 5.88. The zero-order valence-electron chi connectivity index (χ0n) is 11.1. The molecule has 0 spiro atoms. The van der Waals surface area contributed by atoms with Gasteiger partial charge in [-0.3, -0.25) is 4.79 Å². The van der Waals surface area contributed by atoms with Crippen molar-refractivity contribution in [3.05, 3.63) is 29.3 Å². The van der Waals surface area contributed by atoms with Crippen LogP contribution in [0.1, 0.15) is 18.1 Å². The number of esters is 1. The second-order valence-corrected chi connectivity index (χ2v) is 4.60. The summed E-state index contributed by atoms with van der Waals surface area (Å²) in [6.45, 7) is 1.43. The van der Waals surface area contributed by atoms with Crippen molar-refractivity contribution in [1.29, 1.82) is 0 Å². The van der Waals surface area contributed by atoms with Gasteiger partial charge in [0.15, 0.2) is 6.61 Å². The Morgan fingerprint density at radius 3 is 2.74 bits per heavy atom. The van der Waals surface area contributed by atoms with E-state index in [4.69, 9.17) is 4.74 Å². The highest BCUT2D eigenvalue weighted by atomic mass is 16.6. The average molecular weight is 263 g/mol. The molecule has 1 aromatic carbocycles. The first-order valence-corrected chi connectivity index (χ1v) is 6.17. The molecular formula is C14H17NO4. The van der Waals surface area contributed by atoms with Crippen molar-refractivity contribution >= 4 is 11.9 Å². The van der Waals surface area contributed by atoms with Gasteiger partial charge in [0.2, 0.25) is 5.91 Å². The highest BCUT2D eigenvalue weighted by molar-refractivity contribution is 5.73. The summed E-state index contributed by atoms with van der Waals surface area (Å²) in [5.74, 6) is 0.226. The molecule has 102 valence electrons. The molecule has 1 amide bonds. The van der Waals surface area contributed by atoms with E-state index >= 15 is 0 Å². The van der Waals surface area contributed by atoms with Gasteiger partial charge in [0.25, 0.3) is 0 Å². The van der Waals surface area contributed by atoms with Gasteiger partial charge in [-0.05, 0) is 36.1 Å². The number of ether oxygens (including phenoxy) is 2. The maximum Gasteiger partial charge on any atom is 0.343 e. The molecule has 0 fully saturated rings. The summed E-state index contributed by atoms with van der Waals surface area (Å²) in [6.07, 6.45) is 1.64. The van der Waals surface area contributed by atoms with Crippen LogP contribution in [0.2, 0.25) is 0 Å².